The van der Waals surface area contributed by atoms with Crippen LogP contribution in [0.5, 0.6) is 0 Å². The number of sulfonamides is 1. The number of aliphatic carboxylic acids is 1. The molecule has 2 unspecified atom stereocenters. The lowest BCUT2D eigenvalue weighted by Gasteiger charge is -2.35. The number of piperidine rings is 1. The van der Waals surface area contributed by atoms with Crippen LogP contribution in [0.4, 0.5) is 4.39 Å². The number of carbonyl (C=O) groups excluding carboxylic acids is 1. The normalized spacial score (nSPS) is 22.1. The second-order valence-electron chi connectivity index (χ2n) is 5.67. The Labute approximate surface area is 139 Å². The molecule has 1 aromatic carbocycles. The maximum absolute atomic E-state index is 13.6. The van der Waals surface area contributed by atoms with Gasteiger partial charge >= 0.3 is 11.9 Å². The van der Waals surface area contributed by atoms with E-state index in [9.17, 15) is 22.4 Å². The smallest absolute Gasteiger partial charge is 0.339 e. The van der Waals surface area contributed by atoms with Crippen LogP contribution in [0.1, 0.15) is 30.1 Å². The molecule has 0 aromatic heterocycles. The average Bonchev–Trinajstić information content (AvgIpc) is 2.54. The van der Waals surface area contributed by atoms with Crippen LogP contribution in [0.25, 0.3) is 0 Å². The molecule has 1 N–H and O–H groups in total. The first-order valence-corrected chi connectivity index (χ1v) is 8.75. The number of esters is 1. The van der Waals surface area contributed by atoms with E-state index in [1.165, 1.54) is 0 Å². The van der Waals surface area contributed by atoms with Crippen LogP contribution in [0, 0.1) is 11.7 Å². The van der Waals surface area contributed by atoms with E-state index in [2.05, 4.69) is 4.74 Å². The first-order valence-electron chi connectivity index (χ1n) is 7.31. The first kappa shape index (κ1) is 18.3. The Balaban J connectivity index is 2.51. The molecule has 1 fully saturated rings. The van der Waals surface area contributed by atoms with Crippen molar-refractivity contribution in [1.82, 2.24) is 4.31 Å². The molecule has 0 amide bonds. The minimum absolute atomic E-state index is 0.226. The van der Waals surface area contributed by atoms with Crippen LogP contribution >= 0.6 is 0 Å². The Morgan fingerprint density at radius 2 is 2.00 bits per heavy atom. The standard InChI is InChI=1S/C15H18FNO6S/c1-9-3-4-10(14(18)19)8-17(9)24(21,22)13-7-11(16)5-6-12(13)15(20)23-2/h5-7,9-10H,3-4,8H2,1-2H3,(H,18,19). The number of benzene rings is 1. The number of halogens is 1. The predicted octanol–water partition coefficient (Wildman–Crippen LogP) is 1.49. The summed E-state index contributed by atoms with van der Waals surface area (Å²) < 4.78 is 45.0. The van der Waals surface area contributed by atoms with Gasteiger partial charge in [0.05, 0.1) is 23.5 Å². The summed E-state index contributed by atoms with van der Waals surface area (Å²) in [7, 11) is -3.17. The highest BCUT2D eigenvalue weighted by Crippen LogP contribution is 2.30. The fourth-order valence-corrected chi connectivity index (χ4v) is 4.62. The Morgan fingerprint density at radius 1 is 1.33 bits per heavy atom. The van der Waals surface area contributed by atoms with Crippen LogP contribution in [-0.4, -0.2) is 49.5 Å². The SMILES string of the molecule is COC(=O)c1ccc(F)cc1S(=O)(=O)N1CC(C(=O)O)CCC1C. The van der Waals surface area contributed by atoms with Crippen molar-refractivity contribution >= 4 is 22.0 Å². The number of ether oxygens (including phenoxy) is 1. The van der Waals surface area contributed by atoms with Gasteiger partial charge < -0.3 is 9.84 Å². The number of carbonyl (C=O) groups is 2. The molecule has 24 heavy (non-hydrogen) atoms. The molecular weight excluding hydrogens is 341 g/mol. The zero-order valence-corrected chi connectivity index (χ0v) is 14.0. The number of methoxy groups -OCH3 is 1. The molecule has 1 aliphatic rings. The van der Waals surface area contributed by atoms with Crippen LogP contribution in [0.3, 0.4) is 0 Å². The summed E-state index contributed by atoms with van der Waals surface area (Å²) in [6.07, 6.45) is 0.717. The Hall–Kier alpha value is -2.00. The quantitative estimate of drug-likeness (QED) is 0.818. The van der Waals surface area contributed by atoms with Crippen molar-refractivity contribution < 1.29 is 32.2 Å². The zero-order chi connectivity index (χ0) is 18.1. The second kappa shape index (κ2) is 6.86. The van der Waals surface area contributed by atoms with Gasteiger partial charge in [-0.15, -0.1) is 0 Å². The van der Waals surface area contributed by atoms with E-state index in [1.54, 1.807) is 6.92 Å². The molecule has 132 valence electrons. The highest BCUT2D eigenvalue weighted by atomic mass is 32.2. The number of hydrogen-bond acceptors (Lipinski definition) is 5. The van der Waals surface area contributed by atoms with E-state index < -0.39 is 44.6 Å². The predicted molar refractivity (Wildman–Crippen MR) is 81.5 cm³/mol. The molecule has 0 aliphatic carbocycles. The van der Waals surface area contributed by atoms with Crippen molar-refractivity contribution in [3.63, 3.8) is 0 Å². The van der Waals surface area contributed by atoms with E-state index in [-0.39, 0.29) is 12.1 Å². The number of carboxylic acid groups (broad SMARTS) is 1. The molecule has 1 heterocycles. The summed E-state index contributed by atoms with van der Waals surface area (Å²) in [5, 5.41) is 9.15. The topological polar surface area (TPSA) is 101 Å². The molecule has 2 atom stereocenters. The molecule has 0 radical (unpaired) electrons. The third kappa shape index (κ3) is 3.41. The minimum Gasteiger partial charge on any atom is -0.481 e. The molecule has 0 saturated carbocycles. The molecule has 0 bridgehead atoms. The van der Waals surface area contributed by atoms with Gasteiger partial charge in [0.15, 0.2) is 0 Å². The first-order chi connectivity index (χ1) is 11.2. The number of nitrogens with zero attached hydrogens (tertiary/aromatic N) is 1. The highest BCUT2D eigenvalue weighted by molar-refractivity contribution is 7.89. The average molecular weight is 359 g/mol. The number of hydrogen-bond donors (Lipinski definition) is 1. The van der Waals surface area contributed by atoms with Gasteiger partial charge in [-0.25, -0.2) is 17.6 Å². The number of rotatable bonds is 4. The van der Waals surface area contributed by atoms with Gasteiger partial charge in [0.1, 0.15) is 5.82 Å². The fourth-order valence-electron chi connectivity index (χ4n) is 2.73. The monoisotopic (exact) mass is 359 g/mol. The number of carboxylic acids is 1. The van der Waals surface area contributed by atoms with Gasteiger partial charge in [-0.1, -0.05) is 0 Å². The summed E-state index contributed by atoms with van der Waals surface area (Å²) in [6, 6.07) is 2.29. The summed E-state index contributed by atoms with van der Waals surface area (Å²) in [6.45, 7) is 1.42. The van der Waals surface area contributed by atoms with E-state index in [1.807, 2.05) is 0 Å². The zero-order valence-electron chi connectivity index (χ0n) is 13.2. The van der Waals surface area contributed by atoms with Crippen LogP contribution < -0.4 is 0 Å². The molecule has 1 aromatic rings. The van der Waals surface area contributed by atoms with E-state index >= 15 is 0 Å². The fraction of sp³-hybridized carbons (Fsp3) is 0.467. The van der Waals surface area contributed by atoms with Gasteiger partial charge in [0.2, 0.25) is 10.0 Å². The summed E-state index contributed by atoms with van der Waals surface area (Å²) in [4.78, 5) is 22.5. The maximum atomic E-state index is 13.6. The van der Waals surface area contributed by atoms with E-state index in [4.69, 9.17) is 5.11 Å². The van der Waals surface area contributed by atoms with Gasteiger partial charge in [-0.05, 0) is 38.0 Å². The molecule has 2 rings (SSSR count). The summed E-state index contributed by atoms with van der Waals surface area (Å²) in [5.74, 6) is -3.66. The van der Waals surface area contributed by atoms with Crippen molar-refractivity contribution in [2.75, 3.05) is 13.7 Å². The molecular formula is C15H18FNO6S. The second-order valence-corrected chi connectivity index (χ2v) is 7.53. The Bertz CT molecular complexity index is 763. The van der Waals surface area contributed by atoms with Gasteiger partial charge in [0.25, 0.3) is 0 Å². The lowest BCUT2D eigenvalue weighted by molar-refractivity contribution is -0.143. The van der Waals surface area contributed by atoms with Gasteiger partial charge in [-0.2, -0.15) is 4.31 Å². The van der Waals surface area contributed by atoms with Crippen molar-refractivity contribution in [2.24, 2.45) is 5.92 Å². The maximum Gasteiger partial charge on any atom is 0.339 e. The molecule has 1 aliphatic heterocycles. The minimum atomic E-state index is -4.26. The highest BCUT2D eigenvalue weighted by Gasteiger charge is 2.39. The lowest BCUT2D eigenvalue weighted by atomic mass is 9.96. The third-order valence-electron chi connectivity index (χ3n) is 4.11. The van der Waals surface area contributed by atoms with Gasteiger partial charge in [0, 0.05) is 12.6 Å². The Morgan fingerprint density at radius 3 is 2.58 bits per heavy atom. The summed E-state index contributed by atoms with van der Waals surface area (Å²) >= 11 is 0. The van der Waals surface area contributed by atoms with Crippen molar-refractivity contribution in [3.8, 4) is 0 Å². The van der Waals surface area contributed by atoms with Crippen LogP contribution in [0.15, 0.2) is 23.1 Å². The van der Waals surface area contributed by atoms with Crippen molar-refractivity contribution in [1.29, 1.82) is 0 Å². The van der Waals surface area contributed by atoms with E-state index in [0.29, 0.717) is 12.8 Å². The van der Waals surface area contributed by atoms with Crippen molar-refractivity contribution in [2.45, 2.75) is 30.7 Å². The third-order valence-corrected chi connectivity index (χ3v) is 6.13. The van der Waals surface area contributed by atoms with E-state index in [0.717, 1.165) is 29.6 Å². The molecule has 7 nitrogen and oxygen atoms in total. The molecule has 1 saturated heterocycles. The van der Waals surface area contributed by atoms with Crippen LogP contribution in [-0.2, 0) is 19.6 Å². The molecule has 9 heteroatoms. The Kier molecular flexibility index (Phi) is 5.24. The summed E-state index contributed by atoms with van der Waals surface area (Å²) in [5.41, 5.74) is -0.288. The molecule has 0 spiro atoms. The van der Waals surface area contributed by atoms with Gasteiger partial charge in [-0.3, -0.25) is 4.79 Å². The lowest BCUT2D eigenvalue weighted by Crippen LogP contribution is -2.47. The van der Waals surface area contributed by atoms with Crippen LogP contribution in [0.2, 0.25) is 0 Å². The van der Waals surface area contributed by atoms with Crippen molar-refractivity contribution in [3.05, 3.63) is 29.6 Å². The largest absolute Gasteiger partial charge is 0.481 e.